The molecule has 2 rings (SSSR count). The van der Waals surface area contributed by atoms with E-state index in [1.54, 1.807) is 20.4 Å². The zero-order chi connectivity index (χ0) is 16.7. The van der Waals surface area contributed by atoms with Gasteiger partial charge >= 0.3 is 0 Å². The van der Waals surface area contributed by atoms with Crippen molar-refractivity contribution in [3.63, 3.8) is 0 Å². The molecule has 2 aromatic rings. The lowest BCUT2D eigenvalue weighted by Crippen LogP contribution is -2.38. The number of methoxy groups -OCH3 is 1. The summed E-state index contributed by atoms with van der Waals surface area (Å²) in [6, 6.07) is 11.7. The van der Waals surface area contributed by atoms with Crippen LogP contribution < -0.4 is 10.1 Å². The second kappa shape index (κ2) is 10.4. The van der Waals surface area contributed by atoms with E-state index in [-0.39, 0.29) is 24.0 Å². The lowest BCUT2D eigenvalue weighted by molar-refractivity contribution is 0.391. The summed E-state index contributed by atoms with van der Waals surface area (Å²) in [5.41, 5.74) is 2.03. The Balaban J connectivity index is 0.00000288. The van der Waals surface area contributed by atoms with Gasteiger partial charge in [-0.3, -0.25) is 4.99 Å². The lowest BCUT2D eigenvalue weighted by Gasteiger charge is -2.23. The monoisotopic (exact) mass is 460 g/mol. The van der Waals surface area contributed by atoms with E-state index in [0.717, 1.165) is 22.1 Å². The molecule has 0 saturated carbocycles. The molecule has 0 aliphatic carbocycles. The van der Waals surface area contributed by atoms with Crippen molar-refractivity contribution >= 4 is 41.5 Å². The first kappa shape index (κ1) is 20.5. The molecule has 1 heterocycles. The van der Waals surface area contributed by atoms with Crippen LogP contribution in [-0.2, 0) is 13.1 Å². The van der Waals surface area contributed by atoms with Gasteiger partial charge in [0.1, 0.15) is 0 Å². The Labute approximate surface area is 165 Å². The fourth-order valence-electron chi connectivity index (χ4n) is 2.26. The maximum absolute atomic E-state index is 6.22. The van der Waals surface area contributed by atoms with Gasteiger partial charge in [0.2, 0.25) is 5.88 Å². The summed E-state index contributed by atoms with van der Waals surface area (Å²) >= 11 is 6.22. The number of halogens is 2. The number of nitrogens with one attached hydrogen (secondary N) is 1. The molecule has 24 heavy (non-hydrogen) atoms. The Morgan fingerprint density at radius 3 is 2.62 bits per heavy atom. The summed E-state index contributed by atoms with van der Waals surface area (Å²) in [5.74, 6) is 1.39. The number of benzene rings is 1. The molecule has 0 spiro atoms. The fraction of sp³-hybridized carbons (Fsp3) is 0.294. The van der Waals surface area contributed by atoms with Crippen LogP contribution in [0.3, 0.4) is 0 Å². The SMILES string of the molecule is CN=C(NCc1cccnc1OC)N(C)Cc1ccccc1Cl.I. The molecule has 1 aromatic carbocycles. The number of hydrogen-bond acceptors (Lipinski definition) is 3. The predicted molar refractivity (Wildman–Crippen MR) is 109 cm³/mol. The highest BCUT2D eigenvalue weighted by atomic mass is 127. The minimum atomic E-state index is 0. The zero-order valence-corrected chi connectivity index (χ0v) is 17.1. The Hall–Kier alpha value is -1.54. The molecule has 1 aromatic heterocycles. The Morgan fingerprint density at radius 1 is 1.25 bits per heavy atom. The molecule has 0 radical (unpaired) electrons. The number of guanidine groups is 1. The first-order chi connectivity index (χ1) is 11.2. The van der Waals surface area contributed by atoms with Crippen LogP contribution in [0.2, 0.25) is 5.02 Å². The molecule has 0 aliphatic rings. The second-order valence-electron chi connectivity index (χ2n) is 5.02. The van der Waals surface area contributed by atoms with Gasteiger partial charge < -0.3 is 15.0 Å². The predicted octanol–water partition coefficient (Wildman–Crippen LogP) is 3.57. The van der Waals surface area contributed by atoms with E-state index in [9.17, 15) is 0 Å². The molecule has 7 heteroatoms. The number of hydrogen-bond donors (Lipinski definition) is 1. The molecule has 0 fully saturated rings. The van der Waals surface area contributed by atoms with Crippen LogP contribution in [0.5, 0.6) is 5.88 Å². The van der Waals surface area contributed by atoms with Gasteiger partial charge in [0.25, 0.3) is 0 Å². The van der Waals surface area contributed by atoms with Crippen LogP contribution in [0.15, 0.2) is 47.6 Å². The topological polar surface area (TPSA) is 49.8 Å². The third kappa shape index (κ3) is 5.52. The van der Waals surface area contributed by atoms with Crippen LogP contribution >= 0.6 is 35.6 Å². The molecule has 0 amide bonds. The Morgan fingerprint density at radius 2 is 1.96 bits per heavy atom. The van der Waals surface area contributed by atoms with Crippen molar-refractivity contribution in [1.29, 1.82) is 0 Å². The largest absolute Gasteiger partial charge is 0.481 e. The van der Waals surface area contributed by atoms with Crippen molar-refractivity contribution in [3.8, 4) is 5.88 Å². The van der Waals surface area contributed by atoms with Crippen molar-refractivity contribution in [3.05, 3.63) is 58.7 Å². The highest BCUT2D eigenvalue weighted by Crippen LogP contribution is 2.17. The number of ether oxygens (including phenoxy) is 1. The summed E-state index contributed by atoms with van der Waals surface area (Å²) in [5, 5.41) is 4.07. The van der Waals surface area contributed by atoms with Crippen LogP contribution in [0.4, 0.5) is 0 Å². The molecule has 0 unspecified atom stereocenters. The van der Waals surface area contributed by atoms with Gasteiger partial charge in [-0.2, -0.15) is 0 Å². The maximum atomic E-state index is 6.22. The van der Waals surface area contributed by atoms with E-state index < -0.39 is 0 Å². The average molecular weight is 461 g/mol. The van der Waals surface area contributed by atoms with Crippen molar-refractivity contribution in [2.75, 3.05) is 21.2 Å². The van der Waals surface area contributed by atoms with E-state index in [4.69, 9.17) is 16.3 Å². The zero-order valence-electron chi connectivity index (χ0n) is 14.0. The summed E-state index contributed by atoms with van der Waals surface area (Å²) in [6.45, 7) is 1.25. The van der Waals surface area contributed by atoms with Gasteiger partial charge in [0.15, 0.2) is 5.96 Å². The maximum Gasteiger partial charge on any atom is 0.218 e. The molecular formula is C17H22ClIN4O. The summed E-state index contributed by atoms with van der Waals surface area (Å²) in [4.78, 5) is 10.5. The fourth-order valence-corrected chi connectivity index (χ4v) is 2.45. The lowest BCUT2D eigenvalue weighted by atomic mass is 10.2. The molecule has 1 N–H and O–H groups in total. The van der Waals surface area contributed by atoms with Crippen molar-refractivity contribution in [2.24, 2.45) is 4.99 Å². The molecule has 0 atom stereocenters. The van der Waals surface area contributed by atoms with Gasteiger partial charge in [-0.15, -0.1) is 24.0 Å². The first-order valence-corrected chi connectivity index (χ1v) is 7.66. The standard InChI is InChI=1S/C17H21ClN4O.HI/c1-19-17(21-11-13-8-6-10-20-16(13)23-3)22(2)12-14-7-4-5-9-15(14)18;/h4-10H,11-12H2,1-3H3,(H,19,21);1H. The summed E-state index contributed by atoms with van der Waals surface area (Å²) in [7, 11) is 5.34. The quantitative estimate of drug-likeness (QED) is 0.421. The molecule has 0 bridgehead atoms. The van der Waals surface area contributed by atoms with Crippen molar-refractivity contribution in [1.82, 2.24) is 15.2 Å². The number of aliphatic imine (C=N–C) groups is 1. The Bertz CT molecular complexity index is 681. The smallest absolute Gasteiger partial charge is 0.218 e. The normalized spacial score (nSPS) is 10.8. The molecule has 0 aliphatic heterocycles. The molecule has 130 valence electrons. The summed E-state index contributed by atoms with van der Waals surface area (Å²) in [6.07, 6.45) is 1.71. The number of rotatable bonds is 5. The highest BCUT2D eigenvalue weighted by molar-refractivity contribution is 14.0. The minimum Gasteiger partial charge on any atom is -0.481 e. The minimum absolute atomic E-state index is 0. The summed E-state index contributed by atoms with van der Waals surface area (Å²) < 4.78 is 5.26. The van der Waals surface area contributed by atoms with E-state index >= 15 is 0 Å². The van der Waals surface area contributed by atoms with Crippen LogP contribution in [0.25, 0.3) is 0 Å². The van der Waals surface area contributed by atoms with E-state index in [1.807, 2.05) is 48.3 Å². The van der Waals surface area contributed by atoms with Gasteiger partial charge in [-0.1, -0.05) is 35.9 Å². The molecule has 0 saturated heterocycles. The first-order valence-electron chi connectivity index (χ1n) is 7.28. The van der Waals surface area contributed by atoms with Gasteiger partial charge in [0.05, 0.1) is 7.11 Å². The van der Waals surface area contributed by atoms with Crippen LogP contribution in [-0.4, -0.2) is 37.0 Å². The van der Waals surface area contributed by atoms with Crippen molar-refractivity contribution < 1.29 is 4.74 Å². The van der Waals surface area contributed by atoms with E-state index in [0.29, 0.717) is 19.0 Å². The Kier molecular flexibility index (Phi) is 8.84. The number of pyridine rings is 1. The second-order valence-corrected chi connectivity index (χ2v) is 5.43. The third-order valence-electron chi connectivity index (χ3n) is 3.42. The highest BCUT2D eigenvalue weighted by Gasteiger charge is 2.10. The van der Waals surface area contributed by atoms with Crippen LogP contribution in [0, 0.1) is 0 Å². The molecular weight excluding hydrogens is 439 g/mol. The van der Waals surface area contributed by atoms with E-state index in [1.165, 1.54) is 0 Å². The third-order valence-corrected chi connectivity index (χ3v) is 3.79. The van der Waals surface area contributed by atoms with Gasteiger partial charge in [0, 0.05) is 44.0 Å². The van der Waals surface area contributed by atoms with Gasteiger partial charge in [-0.05, 0) is 17.7 Å². The van der Waals surface area contributed by atoms with Crippen LogP contribution in [0.1, 0.15) is 11.1 Å². The number of nitrogens with zero attached hydrogens (tertiary/aromatic N) is 3. The number of aromatic nitrogens is 1. The molecule has 5 nitrogen and oxygen atoms in total. The van der Waals surface area contributed by atoms with Gasteiger partial charge in [-0.25, -0.2) is 4.98 Å². The van der Waals surface area contributed by atoms with E-state index in [2.05, 4.69) is 15.3 Å². The average Bonchev–Trinajstić information content (AvgIpc) is 2.58. The van der Waals surface area contributed by atoms with Crippen molar-refractivity contribution in [2.45, 2.75) is 13.1 Å².